The van der Waals surface area contributed by atoms with Crippen LogP contribution in [0.2, 0.25) is 10.0 Å². The lowest BCUT2D eigenvalue weighted by atomic mass is 10.2. The fourth-order valence-corrected chi connectivity index (χ4v) is 5.14. The van der Waals surface area contributed by atoms with E-state index in [1.807, 2.05) is 18.2 Å². The fraction of sp³-hybridized carbons (Fsp3) is 0.200. The monoisotopic (exact) mass is 449 g/mol. The smallest absolute Gasteiger partial charge is 0.269 e. The second-order valence-corrected chi connectivity index (χ2v) is 8.81. The molecule has 0 atom stereocenters. The molecule has 0 aliphatic carbocycles. The van der Waals surface area contributed by atoms with Gasteiger partial charge in [0.15, 0.2) is 5.11 Å². The predicted octanol–water partition coefficient (Wildman–Crippen LogP) is 5.94. The molecule has 0 bridgehead atoms. The molecule has 0 radical (unpaired) electrons. The number of nitrogens with one attached hydrogen (secondary N) is 2. The van der Waals surface area contributed by atoms with Gasteiger partial charge in [0, 0.05) is 39.6 Å². The number of benzene rings is 2. The Labute approximate surface area is 182 Å². The SMILES string of the molecule is O=C(NC(=S)Nc1ccc(N2CCCC2)cc1)c1sc2cc(Cl)ccc2c1Cl. The van der Waals surface area contributed by atoms with E-state index in [0.717, 1.165) is 28.9 Å². The molecular weight excluding hydrogens is 433 g/mol. The van der Waals surface area contributed by atoms with Crippen molar-refractivity contribution in [3.05, 3.63) is 57.4 Å². The van der Waals surface area contributed by atoms with Crippen molar-refractivity contribution >= 4 is 79.2 Å². The van der Waals surface area contributed by atoms with Gasteiger partial charge in [-0.2, -0.15) is 0 Å². The highest BCUT2D eigenvalue weighted by atomic mass is 35.5. The van der Waals surface area contributed by atoms with Crippen LogP contribution in [0.15, 0.2) is 42.5 Å². The van der Waals surface area contributed by atoms with Crippen molar-refractivity contribution in [3.8, 4) is 0 Å². The number of amides is 1. The van der Waals surface area contributed by atoms with E-state index >= 15 is 0 Å². The first-order chi connectivity index (χ1) is 13.5. The van der Waals surface area contributed by atoms with Crippen LogP contribution in [-0.4, -0.2) is 24.1 Å². The minimum Gasteiger partial charge on any atom is -0.372 e. The molecule has 1 amide bonds. The first-order valence-corrected chi connectivity index (χ1v) is 10.8. The largest absolute Gasteiger partial charge is 0.372 e. The quantitative estimate of drug-likeness (QED) is 0.485. The van der Waals surface area contributed by atoms with E-state index in [0.29, 0.717) is 14.9 Å². The molecule has 0 unspecified atom stereocenters. The van der Waals surface area contributed by atoms with Gasteiger partial charge >= 0.3 is 0 Å². The van der Waals surface area contributed by atoms with Crippen molar-refractivity contribution in [2.24, 2.45) is 0 Å². The maximum atomic E-state index is 12.6. The van der Waals surface area contributed by atoms with Gasteiger partial charge in [-0.3, -0.25) is 10.1 Å². The second kappa shape index (κ2) is 8.25. The molecule has 8 heteroatoms. The zero-order valence-electron chi connectivity index (χ0n) is 14.8. The lowest BCUT2D eigenvalue weighted by Crippen LogP contribution is -2.33. The van der Waals surface area contributed by atoms with E-state index in [9.17, 15) is 4.79 Å². The first kappa shape index (κ1) is 19.5. The molecule has 1 aromatic heterocycles. The van der Waals surface area contributed by atoms with Crippen LogP contribution in [0.4, 0.5) is 11.4 Å². The summed E-state index contributed by atoms with van der Waals surface area (Å²) in [5, 5.41) is 7.78. The van der Waals surface area contributed by atoms with Gasteiger partial charge in [0.25, 0.3) is 5.91 Å². The van der Waals surface area contributed by atoms with Crippen LogP contribution in [-0.2, 0) is 0 Å². The number of hydrogen-bond donors (Lipinski definition) is 2. The molecule has 1 fully saturated rings. The van der Waals surface area contributed by atoms with Gasteiger partial charge in [0.05, 0.1) is 5.02 Å². The maximum absolute atomic E-state index is 12.6. The Bertz CT molecular complexity index is 1040. The molecule has 4 nitrogen and oxygen atoms in total. The molecule has 1 aliphatic rings. The molecule has 3 aromatic rings. The summed E-state index contributed by atoms with van der Waals surface area (Å²) in [5.41, 5.74) is 2.02. The van der Waals surface area contributed by atoms with Gasteiger partial charge in [0.1, 0.15) is 4.88 Å². The van der Waals surface area contributed by atoms with Crippen molar-refractivity contribution in [2.75, 3.05) is 23.3 Å². The molecule has 4 rings (SSSR count). The van der Waals surface area contributed by atoms with Gasteiger partial charge in [-0.1, -0.05) is 29.3 Å². The van der Waals surface area contributed by atoms with E-state index in [1.165, 1.54) is 29.9 Å². The minimum atomic E-state index is -0.339. The van der Waals surface area contributed by atoms with Gasteiger partial charge < -0.3 is 10.2 Å². The van der Waals surface area contributed by atoms with E-state index in [4.69, 9.17) is 35.4 Å². The van der Waals surface area contributed by atoms with Crippen LogP contribution < -0.4 is 15.5 Å². The lowest BCUT2D eigenvalue weighted by molar-refractivity contribution is 0.0982. The lowest BCUT2D eigenvalue weighted by Gasteiger charge is -2.18. The molecule has 2 N–H and O–H groups in total. The molecular formula is C20H17Cl2N3OS2. The number of anilines is 2. The summed E-state index contributed by atoms with van der Waals surface area (Å²) in [6.07, 6.45) is 2.48. The van der Waals surface area contributed by atoms with E-state index in [-0.39, 0.29) is 11.0 Å². The average Bonchev–Trinajstić information content (AvgIpc) is 3.30. The predicted molar refractivity (Wildman–Crippen MR) is 123 cm³/mol. The van der Waals surface area contributed by atoms with Crippen LogP contribution in [0.25, 0.3) is 10.1 Å². The zero-order chi connectivity index (χ0) is 19.7. The van der Waals surface area contributed by atoms with Crippen molar-refractivity contribution < 1.29 is 4.79 Å². The number of thiocarbonyl (C=S) groups is 1. The van der Waals surface area contributed by atoms with Crippen LogP contribution in [0.3, 0.4) is 0 Å². The summed E-state index contributed by atoms with van der Waals surface area (Å²) < 4.78 is 0.860. The summed E-state index contributed by atoms with van der Waals surface area (Å²) in [5.74, 6) is -0.339. The number of rotatable bonds is 3. The van der Waals surface area contributed by atoms with Crippen LogP contribution in [0.1, 0.15) is 22.5 Å². The highest BCUT2D eigenvalue weighted by molar-refractivity contribution is 7.80. The minimum absolute atomic E-state index is 0.227. The average molecular weight is 450 g/mol. The summed E-state index contributed by atoms with van der Waals surface area (Å²) in [7, 11) is 0. The van der Waals surface area contributed by atoms with E-state index < -0.39 is 0 Å². The Morgan fingerprint density at radius 1 is 1.07 bits per heavy atom. The fourth-order valence-electron chi connectivity index (χ4n) is 3.24. The van der Waals surface area contributed by atoms with Crippen molar-refractivity contribution in [3.63, 3.8) is 0 Å². The maximum Gasteiger partial charge on any atom is 0.269 e. The van der Waals surface area contributed by atoms with Gasteiger partial charge in [0.2, 0.25) is 0 Å². The number of hydrogen-bond acceptors (Lipinski definition) is 4. The number of carbonyl (C=O) groups excluding carboxylic acids is 1. The van der Waals surface area contributed by atoms with E-state index in [1.54, 1.807) is 12.1 Å². The summed E-state index contributed by atoms with van der Waals surface area (Å²) >= 11 is 19.0. The molecule has 144 valence electrons. The topological polar surface area (TPSA) is 44.4 Å². The number of nitrogens with zero attached hydrogens (tertiary/aromatic N) is 1. The third kappa shape index (κ3) is 4.10. The van der Waals surface area contributed by atoms with Crippen LogP contribution in [0, 0.1) is 0 Å². The molecule has 1 aliphatic heterocycles. The van der Waals surface area contributed by atoms with Crippen LogP contribution >= 0.6 is 46.8 Å². The molecule has 28 heavy (non-hydrogen) atoms. The Balaban J connectivity index is 1.42. The Hall–Kier alpha value is -1.86. The summed E-state index contributed by atoms with van der Waals surface area (Å²) in [6.45, 7) is 2.20. The van der Waals surface area contributed by atoms with Crippen molar-refractivity contribution in [2.45, 2.75) is 12.8 Å². The highest BCUT2D eigenvalue weighted by Crippen LogP contribution is 2.36. The van der Waals surface area contributed by atoms with Crippen LogP contribution in [0.5, 0.6) is 0 Å². The second-order valence-electron chi connectivity index (χ2n) is 6.53. The molecule has 2 aromatic carbocycles. The third-order valence-electron chi connectivity index (χ3n) is 4.62. The standard InChI is InChI=1S/C20H17Cl2N3OS2/c21-12-3-8-15-16(11-12)28-18(17(15)22)19(26)24-20(27)23-13-4-6-14(7-5-13)25-9-1-2-10-25/h3-8,11H,1-2,9-10H2,(H2,23,24,26,27). The Kier molecular flexibility index (Phi) is 5.73. The summed E-state index contributed by atoms with van der Waals surface area (Å²) in [6, 6.07) is 13.4. The molecule has 0 spiro atoms. The Morgan fingerprint density at radius 2 is 1.79 bits per heavy atom. The Morgan fingerprint density at radius 3 is 2.50 bits per heavy atom. The number of fused-ring (bicyclic) bond motifs is 1. The molecule has 1 saturated heterocycles. The number of thiophene rings is 1. The number of carbonyl (C=O) groups is 1. The van der Waals surface area contributed by atoms with Crippen molar-refractivity contribution in [1.82, 2.24) is 5.32 Å². The van der Waals surface area contributed by atoms with Gasteiger partial charge in [-0.25, -0.2) is 0 Å². The van der Waals surface area contributed by atoms with E-state index in [2.05, 4.69) is 27.7 Å². The van der Waals surface area contributed by atoms with Gasteiger partial charge in [-0.05, 0) is 61.5 Å². The highest BCUT2D eigenvalue weighted by Gasteiger charge is 2.18. The zero-order valence-corrected chi connectivity index (χ0v) is 17.9. The molecule has 2 heterocycles. The number of halogens is 2. The van der Waals surface area contributed by atoms with Gasteiger partial charge in [-0.15, -0.1) is 11.3 Å². The molecule has 0 saturated carbocycles. The third-order valence-corrected chi connectivity index (χ3v) is 6.72. The normalized spacial score (nSPS) is 13.7. The van der Waals surface area contributed by atoms with Crippen molar-refractivity contribution in [1.29, 1.82) is 0 Å². The summed E-state index contributed by atoms with van der Waals surface area (Å²) in [4.78, 5) is 15.4. The first-order valence-electron chi connectivity index (χ1n) is 8.86.